The number of rotatable bonds is 36. The zero-order chi connectivity index (χ0) is 37.5. The van der Waals surface area contributed by atoms with Gasteiger partial charge >= 0.3 is 19.8 Å². The Labute approximate surface area is 310 Å². The van der Waals surface area contributed by atoms with Crippen molar-refractivity contribution in [2.24, 2.45) is 5.73 Å². The first kappa shape index (κ1) is 48.7. The number of carbonyl (C=O) groups excluding carboxylic acids is 2. The molecule has 0 aliphatic heterocycles. The smallest absolute Gasteiger partial charge is 0.462 e. The normalized spacial score (nSPS) is 14.0. The molecule has 51 heavy (non-hydrogen) atoms. The molecule has 0 aliphatic rings. The lowest BCUT2D eigenvalue weighted by Gasteiger charge is -2.19. The van der Waals surface area contributed by atoms with Gasteiger partial charge in [0.05, 0.1) is 13.2 Å². The molecule has 0 spiro atoms. The fourth-order valence-corrected chi connectivity index (χ4v) is 5.72. The number of phosphoric ester groups is 1. The van der Waals surface area contributed by atoms with Crippen LogP contribution < -0.4 is 5.73 Å². The van der Waals surface area contributed by atoms with Gasteiger partial charge < -0.3 is 20.1 Å². The SMILES string of the molecule is CC/C=C/C/C=C/C/C=C/C/C=C/CCCCC(=O)O[C@H](COC(=O)CCCCCCCCCCC/C=C/CCCC)COP(=O)(O)OCCN. The Morgan fingerprint density at radius 3 is 1.67 bits per heavy atom. The lowest BCUT2D eigenvalue weighted by Crippen LogP contribution is -2.29. The van der Waals surface area contributed by atoms with Crippen LogP contribution in [0.15, 0.2) is 60.8 Å². The fourth-order valence-electron chi connectivity index (χ4n) is 4.96. The number of phosphoric acid groups is 1. The highest BCUT2D eigenvalue weighted by Crippen LogP contribution is 2.43. The average molecular weight is 738 g/mol. The summed E-state index contributed by atoms with van der Waals surface area (Å²) in [5, 5.41) is 0. The maximum atomic E-state index is 12.5. The van der Waals surface area contributed by atoms with Crippen molar-refractivity contribution in [2.75, 3.05) is 26.4 Å². The third kappa shape index (κ3) is 37.3. The van der Waals surface area contributed by atoms with E-state index in [2.05, 4.69) is 74.6 Å². The van der Waals surface area contributed by atoms with Crippen LogP contribution >= 0.6 is 7.82 Å². The van der Waals surface area contributed by atoms with Crippen LogP contribution in [0.25, 0.3) is 0 Å². The van der Waals surface area contributed by atoms with Crippen molar-refractivity contribution in [3.05, 3.63) is 60.8 Å². The Morgan fingerprint density at radius 1 is 0.608 bits per heavy atom. The molecule has 0 rings (SSSR count). The molecule has 0 aromatic carbocycles. The molecule has 0 radical (unpaired) electrons. The number of nitrogens with two attached hydrogens (primary N) is 1. The summed E-state index contributed by atoms with van der Waals surface area (Å²) < 4.78 is 32.6. The highest BCUT2D eigenvalue weighted by atomic mass is 31.2. The van der Waals surface area contributed by atoms with Crippen LogP contribution in [0.3, 0.4) is 0 Å². The molecule has 2 atom stereocenters. The molecular formula is C41H72NO8P. The number of unbranched alkanes of at least 4 members (excludes halogenated alkanes) is 13. The van der Waals surface area contributed by atoms with E-state index in [0.29, 0.717) is 6.42 Å². The van der Waals surface area contributed by atoms with Gasteiger partial charge in [-0.3, -0.25) is 18.6 Å². The highest BCUT2D eigenvalue weighted by Gasteiger charge is 2.25. The standard InChI is InChI=1S/C41H72NO8P/c1-3-5-7-9-11-13-15-17-19-21-23-25-27-29-31-33-40(43)47-37-39(38-49-51(45,46)48-36-35-42)50-41(44)34-32-30-28-26-24-22-20-18-16-14-12-10-8-6-4-2/h6,8-9,11-12,14,18,20,24,26,39H,3-5,7,10,13,15-17,19,21-23,25,27-38,42H2,1-2H3,(H,45,46)/b8-6+,11-9+,14-12+,20-18+,26-24+/t39-/m1/s1. The van der Waals surface area contributed by atoms with Gasteiger partial charge in [0.1, 0.15) is 6.61 Å². The van der Waals surface area contributed by atoms with E-state index in [1.54, 1.807) is 0 Å². The van der Waals surface area contributed by atoms with Crippen LogP contribution in [0.4, 0.5) is 0 Å². The van der Waals surface area contributed by atoms with Gasteiger partial charge in [0.2, 0.25) is 0 Å². The van der Waals surface area contributed by atoms with Crippen LogP contribution in [-0.2, 0) is 32.7 Å². The summed E-state index contributed by atoms with van der Waals surface area (Å²) >= 11 is 0. The predicted molar refractivity (Wildman–Crippen MR) is 210 cm³/mol. The number of hydrogen-bond donors (Lipinski definition) is 2. The summed E-state index contributed by atoms with van der Waals surface area (Å²) in [4.78, 5) is 34.7. The van der Waals surface area contributed by atoms with Crippen LogP contribution in [0, 0.1) is 0 Å². The molecular weight excluding hydrogens is 665 g/mol. The van der Waals surface area contributed by atoms with Gasteiger partial charge in [-0.25, -0.2) is 4.57 Å². The molecule has 0 amide bonds. The molecule has 0 bridgehead atoms. The van der Waals surface area contributed by atoms with Crippen molar-refractivity contribution < 1.29 is 37.6 Å². The van der Waals surface area contributed by atoms with E-state index >= 15 is 0 Å². The third-order valence-electron chi connectivity index (χ3n) is 7.89. The Morgan fingerprint density at radius 2 is 1.08 bits per heavy atom. The molecule has 0 aliphatic carbocycles. The minimum atomic E-state index is -4.39. The van der Waals surface area contributed by atoms with E-state index in [-0.39, 0.29) is 32.6 Å². The van der Waals surface area contributed by atoms with Gasteiger partial charge in [-0.1, -0.05) is 132 Å². The highest BCUT2D eigenvalue weighted by molar-refractivity contribution is 7.47. The summed E-state index contributed by atoms with van der Waals surface area (Å²) in [6.45, 7) is 3.52. The molecule has 294 valence electrons. The van der Waals surface area contributed by atoms with Crippen molar-refractivity contribution in [1.29, 1.82) is 0 Å². The summed E-state index contributed by atoms with van der Waals surface area (Å²) in [7, 11) is -4.39. The number of hydrogen-bond acceptors (Lipinski definition) is 8. The van der Waals surface area contributed by atoms with Crippen molar-refractivity contribution in [2.45, 2.75) is 161 Å². The van der Waals surface area contributed by atoms with Gasteiger partial charge in [0, 0.05) is 19.4 Å². The maximum Gasteiger partial charge on any atom is 0.472 e. The molecule has 0 aromatic rings. The summed E-state index contributed by atoms with van der Waals surface area (Å²) in [5.74, 6) is -0.885. The summed E-state index contributed by atoms with van der Waals surface area (Å²) in [6, 6.07) is 0. The van der Waals surface area contributed by atoms with Gasteiger partial charge in [-0.2, -0.15) is 0 Å². The Bertz CT molecular complexity index is 1020. The monoisotopic (exact) mass is 737 g/mol. The van der Waals surface area contributed by atoms with Crippen molar-refractivity contribution in [3.8, 4) is 0 Å². The molecule has 3 N–H and O–H groups in total. The summed E-state index contributed by atoms with van der Waals surface area (Å²) in [5.41, 5.74) is 5.33. The van der Waals surface area contributed by atoms with Crippen LogP contribution in [0.1, 0.15) is 155 Å². The lowest BCUT2D eigenvalue weighted by atomic mass is 10.1. The van der Waals surface area contributed by atoms with Crippen molar-refractivity contribution >= 4 is 19.8 Å². The fraction of sp³-hybridized carbons (Fsp3) is 0.707. The molecule has 0 saturated heterocycles. The quantitative estimate of drug-likeness (QED) is 0.0279. The molecule has 9 nitrogen and oxygen atoms in total. The maximum absolute atomic E-state index is 12.5. The minimum absolute atomic E-state index is 0.0438. The minimum Gasteiger partial charge on any atom is -0.462 e. The third-order valence-corrected chi connectivity index (χ3v) is 8.87. The molecule has 0 saturated carbocycles. The van der Waals surface area contributed by atoms with E-state index in [9.17, 15) is 19.0 Å². The van der Waals surface area contributed by atoms with Crippen LogP contribution in [-0.4, -0.2) is 49.3 Å². The van der Waals surface area contributed by atoms with Gasteiger partial charge in [0.15, 0.2) is 6.10 Å². The Hall–Kier alpha value is -2.29. The van der Waals surface area contributed by atoms with Crippen LogP contribution in [0.2, 0.25) is 0 Å². The van der Waals surface area contributed by atoms with E-state index in [1.165, 1.54) is 57.8 Å². The van der Waals surface area contributed by atoms with E-state index < -0.39 is 32.5 Å². The first-order valence-electron chi connectivity index (χ1n) is 19.8. The first-order valence-corrected chi connectivity index (χ1v) is 21.3. The second kappa shape index (κ2) is 37.5. The van der Waals surface area contributed by atoms with Gasteiger partial charge in [-0.15, -0.1) is 0 Å². The Kier molecular flexibility index (Phi) is 35.8. The number of esters is 2. The van der Waals surface area contributed by atoms with Crippen molar-refractivity contribution in [1.82, 2.24) is 0 Å². The molecule has 10 heteroatoms. The van der Waals surface area contributed by atoms with E-state index in [1.807, 2.05) is 0 Å². The second-order valence-electron chi connectivity index (χ2n) is 12.8. The Balaban J connectivity index is 4.28. The zero-order valence-corrected chi connectivity index (χ0v) is 33.0. The topological polar surface area (TPSA) is 134 Å². The first-order chi connectivity index (χ1) is 24.8. The average Bonchev–Trinajstić information content (AvgIpc) is 3.11. The number of carbonyl (C=O) groups is 2. The number of ether oxygens (including phenoxy) is 2. The molecule has 0 aromatic heterocycles. The zero-order valence-electron chi connectivity index (χ0n) is 32.1. The predicted octanol–water partition coefficient (Wildman–Crippen LogP) is 10.9. The van der Waals surface area contributed by atoms with E-state index in [0.717, 1.165) is 64.2 Å². The second-order valence-corrected chi connectivity index (χ2v) is 14.2. The van der Waals surface area contributed by atoms with Crippen LogP contribution in [0.5, 0.6) is 0 Å². The van der Waals surface area contributed by atoms with E-state index in [4.69, 9.17) is 24.3 Å². The van der Waals surface area contributed by atoms with Gasteiger partial charge in [-0.05, 0) is 70.6 Å². The number of allylic oxidation sites excluding steroid dienone is 10. The summed E-state index contributed by atoms with van der Waals surface area (Å²) in [6.07, 6.45) is 42.5. The molecule has 1 unspecified atom stereocenters. The lowest BCUT2D eigenvalue weighted by molar-refractivity contribution is -0.161. The largest absolute Gasteiger partial charge is 0.472 e. The molecule has 0 fully saturated rings. The molecule has 0 heterocycles. The van der Waals surface area contributed by atoms with Crippen molar-refractivity contribution in [3.63, 3.8) is 0 Å². The van der Waals surface area contributed by atoms with Gasteiger partial charge in [0.25, 0.3) is 0 Å².